The Balaban J connectivity index is 1.91. The van der Waals surface area contributed by atoms with Crippen molar-refractivity contribution in [1.29, 1.82) is 0 Å². The number of H-pyrrole nitrogens is 1. The fourth-order valence-electron chi connectivity index (χ4n) is 1.67. The third-order valence-electron chi connectivity index (χ3n) is 2.73. The van der Waals surface area contributed by atoms with Crippen LogP contribution < -0.4 is 10.1 Å². The number of ether oxygens (including phenoxy) is 1. The van der Waals surface area contributed by atoms with Gasteiger partial charge in [-0.1, -0.05) is 6.07 Å². The Hall–Kier alpha value is -2.56. The lowest BCUT2D eigenvalue weighted by molar-refractivity contribution is -0.116. The van der Waals surface area contributed by atoms with Gasteiger partial charge in [-0.3, -0.25) is 4.79 Å². The van der Waals surface area contributed by atoms with E-state index < -0.39 is 5.82 Å². The highest BCUT2D eigenvalue weighted by atomic mass is 19.1. The monoisotopic (exact) mass is 274 g/mol. The molecule has 1 amide bonds. The SMILES string of the molecule is COc1ccc(/C=C/C(=O)NCc2cc[nH]c2)cc1F. The molecule has 0 aliphatic heterocycles. The third kappa shape index (κ3) is 3.71. The summed E-state index contributed by atoms with van der Waals surface area (Å²) in [5.74, 6) is -0.510. The lowest BCUT2D eigenvalue weighted by Gasteiger charge is -2.02. The van der Waals surface area contributed by atoms with E-state index in [4.69, 9.17) is 4.74 Å². The molecule has 20 heavy (non-hydrogen) atoms. The summed E-state index contributed by atoms with van der Waals surface area (Å²) in [5.41, 5.74) is 1.59. The second kappa shape index (κ2) is 6.56. The fraction of sp³-hybridized carbons (Fsp3) is 0.133. The molecule has 1 heterocycles. The van der Waals surface area contributed by atoms with Gasteiger partial charge >= 0.3 is 0 Å². The van der Waals surface area contributed by atoms with E-state index in [9.17, 15) is 9.18 Å². The molecule has 0 unspecified atom stereocenters. The summed E-state index contributed by atoms with van der Waals surface area (Å²) in [6, 6.07) is 6.39. The quantitative estimate of drug-likeness (QED) is 0.823. The van der Waals surface area contributed by atoms with Gasteiger partial charge < -0.3 is 15.0 Å². The van der Waals surface area contributed by atoms with Gasteiger partial charge in [-0.05, 0) is 35.4 Å². The molecule has 0 atom stereocenters. The number of halogens is 1. The van der Waals surface area contributed by atoms with Crippen LogP contribution in [0.15, 0.2) is 42.7 Å². The van der Waals surface area contributed by atoms with Gasteiger partial charge in [0.25, 0.3) is 0 Å². The first-order valence-electron chi connectivity index (χ1n) is 6.10. The molecule has 5 heteroatoms. The van der Waals surface area contributed by atoms with Crippen molar-refractivity contribution in [2.24, 2.45) is 0 Å². The third-order valence-corrected chi connectivity index (χ3v) is 2.73. The van der Waals surface area contributed by atoms with Crippen molar-refractivity contribution < 1.29 is 13.9 Å². The largest absolute Gasteiger partial charge is 0.494 e. The Labute approximate surface area is 116 Å². The molecule has 104 valence electrons. The first kappa shape index (κ1) is 13.9. The maximum atomic E-state index is 13.4. The first-order valence-corrected chi connectivity index (χ1v) is 6.10. The Morgan fingerprint density at radius 3 is 2.95 bits per heavy atom. The number of hydrogen-bond acceptors (Lipinski definition) is 2. The highest BCUT2D eigenvalue weighted by Crippen LogP contribution is 2.18. The zero-order valence-corrected chi connectivity index (χ0v) is 11.0. The highest BCUT2D eigenvalue weighted by Gasteiger charge is 2.02. The number of nitrogens with one attached hydrogen (secondary N) is 2. The van der Waals surface area contributed by atoms with Gasteiger partial charge in [0, 0.05) is 25.0 Å². The highest BCUT2D eigenvalue weighted by molar-refractivity contribution is 5.91. The number of rotatable bonds is 5. The van der Waals surface area contributed by atoms with Gasteiger partial charge in [0.2, 0.25) is 5.91 Å². The molecule has 0 bridgehead atoms. The molecule has 4 nitrogen and oxygen atoms in total. The first-order chi connectivity index (χ1) is 9.69. The van der Waals surface area contributed by atoms with E-state index in [0.29, 0.717) is 12.1 Å². The predicted octanol–water partition coefficient (Wildman–Crippen LogP) is 2.49. The molecule has 0 aliphatic rings. The van der Waals surface area contributed by atoms with Crippen molar-refractivity contribution in [3.05, 3.63) is 59.7 Å². The zero-order valence-electron chi connectivity index (χ0n) is 11.0. The van der Waals surface area contributed by atoms with Crippen molar-refractivity contribution in [2.45, 2.75) is 6.54 Å². The minimum atomic E-state index is -0.456. The molecule has 2 rings (SSSR count). The summed E-state index contributed by atoms with van der Waals surface area (Å²) < 4.78 is 18.3. The molecule has 2 aromatic rings. The van der Waals surface area contributed by atoms with Crippen LogP contribution in [0.25, 0.3) is 6.08 Å². The summed E-state index contributed by atoms with van der Waals surface area (Å²) in [6.07, 6.45) is 6.52. The average molecular weight is 274 g/mol. The van der Waals surface area contributed by atoms with Gasteiger partial charge in [-0.2, -0.15) is 0 Å². The van der Waals surface area contributed by atoms with Crippen molar-refractivity contribution in [1.82, 2.24) is 10.3 Å². The Kier molecular flexibility index (Phi) is 4.55. The Bertz CT molecular complexity index is 606. The number of aromatic amines is 1. The maximum absolute atomic E-state index is 13.4. The molecule has 0 saturated carbocycles. The number of amides is 1. The van der Waals surface area contributed by atoms with Gasteiger partial charge in [-0.15, -0.1) is 0 Å². The van der Waals surface area contributed by atoms with E-state index in [-0.39, 0.29) is 11.7 Å². The van der Waals surface area contributed by atoms with Crippen LogP contribution in [0.3, 0.4) is 0 Å². The molecule has 1 aromatic carbocycles. The van der Waals surface area contributed by atoms with Crippen LogP contribution in [0, 0.1) is 5.82 Å². The fourth-order valence-corrected chi connectivity index (χ4v) is 1.67. The Morgan fingerprint density at radius 1 is 1.45 bits per heavy atom. The van der Waals surface area contributed by atoms with Crippen LogP contribution in [-0.2, 0) is 11.3 Å². The van der Waals surface area contributed by atoms with Gasteiger partial charge in [0.1, 0.15) is 0 Å². The summed E-state index contributed by atoms with van der Waals surface area (Å²) in [4.78, 5) is 14.5. The van der Waals surface area contributed by atoms with E-state index in [1.165, 1.54) is 25.3 Å². The van der Waals surface area contributed by atoms with Crippen LogP contribution in [0.1, 0.15) is 11.1 Å². The van der Waals surface area contributed by atoms with Crippen LogP contribution in [0.4, 0.5) is 4.39 Å². The minimum absolute atomic E-state index is 0.180. The van der Waals surface area contributed by atoms with Gasteiger partial charge in [0.15, 0.2) is 11.6 Å². The number of benzene rings is 1. The molecule has 0 radical (unpaired) electrons. The minimum Gasteiger partial charge on any atom is -0.494 e. The number of hydrogen-bond donors (Lipinski definition) is 2. The number of methoxy groups -OCH3 is 1. The number of carbonyl (C=O) groups excluding carboxylic acids is 1. The van der Waals surface area contributed by atoms with Gasteiger partial charge in [-0.25, -0.2) is 4.39 Å². The van der Waals surface area contributed by atoms with E-state index >= 15 is 0 Å². The van der Waals surface area contributed by atoms with E-state index in [1.54, 1.807) is 18.3 Å². The molecular formula is C15H15FN2O2. The summed E-state index contributed by atoms with van der Waals surface area (Å²) >= 11 is 0. The van der Waals surface area contributed by atoms with Crippen LogP contribution >= 0.6 is 0 Å². The van der Waals surface area contributed by atoms with Crippen molar-refractivity contribution in [3.63, 3.8) is 0 Å². The van der Waals surface area contributed by atoms with Crippen LogP contribution in [-0.4, -0.2) is 18.0 Å². The number of aromatic nitrogens is 1. The van der Waals surface area contributed by atoms with E-state index in [0.717, 1.165) is 5.56 Å². The summed E-state index contributed by atoms with van der Waals surface area (Å²) in [6.45, 7) is 0.448. The second-order valence-electron chi connectivity index (χ2n) is 4.16. The predicted molar refractivity (Wildman–Crippen MR) is 74.6 cm³/mol. The maximum Gasteiger partial charge on any atom is 0.244 e. The summed E-state index contributed by atoms with van der Waals surface area (Å²) in [5, 5.41) is 2.73. The topological polar surface area (TPSA) is 54.1 Å². The van der Waals surface area contributed by atoms with Crippen molar-refractivity contribution in [3.8, 4) is 5.75 Å². The molecule has 1 aromatic heterocycles. The lowest BCUT2D eigenvalue weighted by Crippen LogP contribution is -2.19. The van der Waals surface area contributed by atoms with Crippen molar-refractivity contribution >= 4 is 12.0 Å². The van der Waals surface area contributed by atoms with E-state index in [2.05, 4.69) is 10.3 Å². The van der Waals surface area contributed by atoms with Crippen LogP contribution in [0.2, 0.25) is 0 Å². The molecule has 0 aliphatic carbocycles. The molecule has 0 spiro atoms. The molecule has 2 N–H and O–H groups in total. The molecular weight excluding hydrogens is 259 g/mol. The number of carbonyl (C=O) groups is 1. The average Bonchev–Trinajstić information content (AvgIpc) is 2.96. The smallest absolute Gasteiger partial charge is 0.244 e. The molecule has 0 saturated heterocycles. The van der Waals surface area contributed by atoms with Crippen molar-refractivity contribution in [2.75, 3.05) is 7.11 Å². The Morgan fingerprint density at radius 2 is 2.30 bits per heavy atom. The zero-order chi connectivity index (χ0) is 14.4. The summed E-state index contributed by atoms with van der Waals surface area (Å²) in [7, 11) is 1.41. The normalized spacial score (nSPS) is 10.7. The van der Waals surface area contributed by atoms with Crippen LogP contribution in [0.5, 0.6) is 5.75 Å². The standard InChI is InChI=1S/C15H15FN2O2/c1-20-14-4-2-11(8-13(14)16)3-5-15(19)18-10-12-6-7-17-9-12/h2-9,17H,10H2,1H3,(H,18,19)/b5-3+. The molecule has 0 fully saturated rings. The second-order valence-corrected chi connectivity index (χ2v) is 4.16. The van der Waals surface area contributed by atoms with Gasteiger partial charge in [0.05, 0.1) is 7.11 Å². The van der Waals surface area contributed by atoms with E-state index in [1.807, 2.05) is 12.3 Å². The lowest BCUT2D eigenvalue weighted by atomic mass is 10.2.